The second-order valence-corrected chi connectivity index (χ2v) is 3.74. The van der Waals surface area contributed by atoms with E-state index in [0.717, 1.165) is 0 Å². The van der Waals surface area contributed by atoms with Crippen molar-refractivity contribution in [2.45, 2.75) is 19.4 Å². The van der Waals surface area contributed by atoms with E-state index in [1.165, 1.54) is 26.4 Å². The molecule has 0 spiro atoms. The summed E-state index contributed by atoms with van der Waals surface area (Å²) in [5.41, 5.74) is -0.710. The Kier molecular flexibility index (Phi) is 3.19. The van der Waals surface area contributed by atoms with Gasteiger partial charge in [0.1, 0.15) is 17.3 Å². The van der Waals surface area contributed by atoms with Crippen molar-refractivity contribution < 1.29 is 19.0 Å². The van der Waals surface area contributed by atoms with E-state index < -0.39 is 11.4 Å². The Morgan fingerprint density at radius 1 is 1.13 bits per heavy atom. The Morgan fingerprint density at radius 2 is 1.53 bits per heavy atom. The molecule has 0 fully saturated rings. The van der Waals surface area contributed by atoms with Crippen molar-refractivity contribution in [2.75, 3.05) is 14.2 Å². The SMILES string of the molecule is COc1cc(F)cc(OC)c1C(C)(C)O. The molecule has 0 amide bonds. The van der Waals surface area contributed by atoms with Gasteiger partial charge in [-0.3, -0.25) is 0 Å². The fourth-order valence-electron chi connectivity index (χ4n) is 1.48. The zero-order valence-corrected chi connectivity index (χ0v) is 9.30. The highest BCUT2D eigenvalue weighted by molar-refractivity contribution is 5.48. The smallest absolute Gasteiger partial charge is 0.131 e. The van der Waals surface area contributed by atoms with Crippen LogP contribution >= 0.6 is 0 Å². The van der Waals surface area contributed by atoms with Crippen LogP contribution in [-0.2, 0) is 5.60 Å². The molecule has 0 unspecified atom stereocenters. The van der Waals surface area contributed by atoms with Crippen molar-refractivity contribution in [3.8, 4) is 11.5 Å². The lowest BCUT2D eigenvalue weighted by Crippen LogP contribution is -2.18. The lowest BCUT2D eigenvalue weighted by Gasteiger charge is -2.23. The molecule has 0 bridgehead atoms. The van der Waals surface area contributed by atoms with Gasteiger partial charge in [-0.1, -0.05) is 0 Å². The van der Waals surface area contributed by atoms with Crippen molar-refractivity contribution in [3.63, 3.8) is 0 Å². The van der Waals surface area contributed by atoms with Crippen molar-refractivity contribution in [2.24, 2.45) is 0 Å². The van der Waals surface area contributed by atoms with Gasteiger partial charge in [0.05, 0.1) is 25.4 Å². The Labute approximate surface area is 88.4 Å². The normalized spacial score (nSPS) is 11.3. The molecule has 84 valence electrons. The summed E-state index contributed by atoms with van der Waals surface area (Å²) in [7, 11) is 2.84. The van der Waals surface area contributed by atoms with Crippen LogP contribution in [0.2, 0.25) is 0 Å². The third-order valence-electron chi connectivity index (χ3n) is 2.08. The fraction of sp³-hybridized carbons (Fsp3) is 0.455. The molecule has 0 saturated carbocycles. The van der Waals surface area contributed by atoms with Gasteiger partial charge in [0.2, 0.25) is 0 Å². The first kappa shape index (κ1) is 11.8. The predicted molar refractivity (Wildman–Crippen MR) is 54.7 cm³/mol. The highest BCUT2D eigenvalue weighted by Crippen LogP contribution is 2.38. The average Bonchev–Trinajstić information content (AvgIpc) is 2.14. The highest BCUT2D eigenvalue weighted by Gasteiger charge is 2.26. The minimum atomic E-state index is -1.15. The van der Waals surface area contributed by atoms with E-state index in [1.807, 2.05) is 0 Å². The minimum absolute atomic E-state index is 0.277. The van der Waals surface area contributed by atoms with Crippen LogP contribution in [0.25, 0.3) is 0 Å². The lowest BCUT2D eigenvalue weighted by atomic mass is 9.96. The van der Waals surface area contributed by atoms with Crippen molar-refractivity contribution >= 4 is 0 Å². The molecule has 0 aliphatic carbocycles. The molecule has 1 aromatic rings. The van der Waals surface area contributed by atoms with Gasteiger partial charge in [0.15, 0.2) is 0 Å². The third-order valence-corrected chi connectivity index (χ3v) is 2.08. The van der Waals surface area contributed by atoms with Crippen molar-refractivity contribution in [3.05, 3.63) is 23.5 Å². The third kappa shape index (κ3) is 2.39. The molecule has 0 heterocycles. The number of benzene rings is 1. The molecule has 0 radical (unpaired) electrons. The Balaban J connectivity index is 3.44. The molecule has 1 rings (SSSR count). The highest BCUT2D eigenvalue weighted by atomic mass is 19.1. The number of ether oxygens (including phenoxy) is 2. The first-order chi connectivity index (χ1) is 6.90. The van der Waals surface area contributed by atoms with Crippen LogP contribution < -0.4 is 9.47 Å². The number of rotatable bonds is 3. The largest absolute Gasteiger partial charge is 0.496 e. The van der Waals surface area contributed by atoms with Crippen LogP contribution in [0.15, 0.2) is 12.1 Å². The molecule has 3 nitrogen and oxygen atoms in total. The number of halogens is 1. The van der Waals surface area contributed by atoms with E-state index in [9.17, 15) is 9.50 Å². The molecule has 4 heteroatoms. The Morgan fingerprint density at radius 3 is 1.80 bits per heavy atom. The Hall–Kier alpha value is -1.29. The van der Waals surface area contributed by atoms with Gasteiger partial charge >= 0.3 is 0 Å². The molecule has 1 aromatic carbocycles. The predicted octanol–water partition coefficient (Wildman–Crippen LogP) is 2.07. The summed E-state index contributed by atoms with van der Waals surface area (Å²) in [5.74, 6) is 0.0930. The lowest BCUT2D eigenvalue weighted by molar-refractivity contribution is 0.0724. The molecule has 0 atom stereocenters. The summed E-state index contributed by atoms with van der Waals surface area (Å²) >= 11 is 0. The van der Waals surface area contributed by atoms with E-state index in [-0.39, 0.29) is 11.5 Å². The molecule has 0 aliphatic heterocycles. The van der Waals surface area contributed by atoms with Crippen molar-refractivity contribution in [1.29, 1.82) is 0 Å². The van der Waals surface area contributed by atoms with Crippen LogP contribution in [0, 0.1) is 5.82 Å². The zero-order valence-electron chi connectivity index (χ0n) is 9.30. The van der Waals surface area contributed by atoms with Crippen LogP contribution in [-0.4, -0.2) is 19.3 Å². The first-order valence-corrected chi connectivity index (χ1v) is 4.54. The van der Waals surface area contributed by atoms with Crippen LogP contribution in [0.4, 0.5) is 4.39 Å². The average molecular weight is 214 g/mol. The topological polar surface area (TPSA) is 38.7 Å². The van der Waals surface area contributed by atoms with E-state index in [0.29, 0.717) is 5.56 Å². The van der Waals surface area contributed by atoms with E-state index >= 15 is 0 Å². The maximum atomic E-state index is 13.1. The molecule has 0 aromatic heterocycles. The molecule has 15 heavy (non-hydrogen) atoms. The molecular weight excluding hydrogens is 199 g/mol. The van der Waals surface area contributed by atoms with Crippen molar-refractivity contribution in [1.82, 2.24) is 0 Å². The Bertz CT molecular complexity index is 330. The summed E-state index contributed by atoms with van der Waals surface area (Å²) in [6.07, 6.45) is 0. The number of hydrogen-bond donors (Lipinski definition) is 1. The van der Waals surface area contributed by atoms with Gasteiger partial charge in [-0.2, -0.15) is 0 Å². The quantitative estimate of drug-likeness (QED) is 0.837. The van der Waals surface area contributed by atoms with Crippen LogP contribution in [0.3, 0.4) is 0 Å². The van der Waals surface area contributed by atoms with Crippen LogP contribution in [0.5, 0.6) is 11.5 Å². The summed E-state index contributed by atoms with van der Waals surface area (Å²) in [6.45, 7) is 3.18. The maximum absolute atomic E-state index is 13.1. The number of methoxy groups -OCH3 is 2. The molecule has 1 N–H and O–H groups in total. The van der Waals surface area contributed by atoms with E-state index in [4.69, 9.17) is 9.47 Å². The summed E-state index contributed by atoms with van der Waals surface area (Å²) in [5, 5.41) is 9.92. The summed E-state index contributed by atoms with van der Waals surface area (Å²) < 4.78 is 23.2. The second kappa shape index (κ2) is 4.06. The molecule has 0 saturated heterocycles. The van der Waals surface area contributed by atoms with Gasteiger partial charge in [0.25, 0.3) is 0 Å². The summed E-state index contributed by atoms with van der Waals surface area (Å²) in [4.78, 5) is 0. The van der Waals surface area contributed by atoms with Gasteiger partial charge < -0.3 is 14.6 Å². The molecular formula is C11H15FO3. The van der Waals surface area contributed by atoms with Gasteiger partial charge in [-0.05, 0) is 13.8 Å². The number of hydrogen-bond acceptors (Lipinski definition) is 3. The monoisotopic (exact) mass is 214 g/mol. The van der Waals surface area contributed by atoms with E-state index in [1.54, 1.807) is 13.8 Å². The second-order valence-electron chi connectivity index (χ2n) is 3.74. The first-order valence-electron chi connectivity index (χ1n) is 4.54. The maximum Gasteiger partial charge on any atom is 0.131 e. The standard InChI is InChI=1S/C11H15FO3/c1-11(2,13)10-8(14-3)5-7(12)6-9(10)15-4/h5-6,13H,1-4H3. The zero-order chi connectivity index (χ0) is 11.6. The number of aliphatic hydroxyl groups is 1. The van der Waals surface area contributed by atoms with E-state index in [2.05, 4.69) is 0 Å². The van der Waals surface area contributed by atoms with Gasteiger partial charge in [-0.15, -0.1) is 0 Å². The van der Waals surface area contributed by atoms with Crippen LogP contribution in [0.1, 0.15) is 19.4 Å². The molecule has 0 aliphatic rings. The fourth-order valence-corrected chi connectivity index (χ4v) is 1.48. The minimum Gasteiger partial charge on any atom is -0.496 e. The van der Waals surface area contributed by atoms with Gasteiger partial charge in [-0.25, -0.2) is 4.39 Å². The summed E-state index contributed by atoms with van der Waals surface area (Å²) in [6, 6.07) is 2.44. The van der Waals surface area contributed by atoms with Gasteiger partial charge in [0, 0.05) is 12.1 Å².